The van der Waals surface area contributed by atoms with Gasteiger partial charge in [-0.15, -0.1) is 0 Å². The zero-order valence-electron chi connectivity index (χ0n) is 27.0. The number of halogens is 3. The van der Waals surface area contributed by atoms with E-state index < -0.39 is 33.7 Å². The van der Waals surface area contributed by atoms with Crippen LogP contribution in [0.25, 0.3) is 33.3 Å². The molecular weight excluding hydrogens is 691 g/mol. The van der Waals surface area contributed by atoms with Gasteiger partial charge in [0, 0.05) is 36.1 Å². The SMILES string of the molecule is CC(Oc1cc(-c2nn(C)c3c(-c4cnn(CCOc5ccc(C(=O)O)cc5)c4)cnc(N)c23)ccc1NS(=O)(=O)C(F)F)c1ccc(F)cc1. The average molecular weight is 722 g/mol. The summed E-state index contributed by atoms with van der Waals surface area (Å²) in [6.45, 7) is 2.27. The molecule has 0 saturated carbocycles. The number of nitrogens with one attached hydrogen (secondary N) is 1. The van der Waals surface area contributed by atoms with Crippen LogP contribution in [-0.2, 0) is 23.6 Å². The number of alkyl halides is 2. The molecule has 0 radical (unpaired) electrons. The number of carboxylic acids is 1. The molecule has 264 valence electrons. The van der Waals surface area contributed by atoms with E-state index in [0.717, 1.165) is 0 Å². The number of benzene rings is 3. The van der Waals surface area contributed by atoms with Crippen molar-refractivity contribution in [3.05, 3.63) is 102 Å². The van der Waals surface area contributed by atoms with Gasteiger partial charge < -0.3 is 20.3 Å². The molecule has 0 spiro atoms. The smallest absolute Gasteiger partial charge is 0.355 e. The summed E-state index contributed by atoms with van der Waals surface area (Å²) in [5.74, 6) is -4.61. The maximum absolute atomic E-state index is 13.5. The minimum atomic E-state index is -5.05. The third-order valence-electron chi connectivity index (χ3n) is 7.91. The van der Waals surface area contributed by atoms with Gasteiger partial charge in [0.05, 0.1) is 34.9 Å². The van der Waals surface area contributed by atoms with Crippen molar-refractivity contribution in [1.29, 1.82) is 0 Å². The van der Waals surface area contributed by atoms with Gasteiger partial charge in [0.2, 0.25) is 0 Å². The fraction of sp³-hybridized carbons (Fsp3) is 0.176. The Morgan fingerprint density at radius 3 is 2.45 bits per heavy atom. The molecule has 0 bridgehead atoms. The lowest BCUT2D eigenvalue weighted by Gasteiger charge is -2.19. The number of nitrogens with two attached hydrogens (primary N) is 1. The van der Waals surface area contributed by atoms with E-state index in [0.29, 0.717) is 51.1 Å². The summed E-state index contributed by atoms with van der Waals surface area (Å²) in [7, 11) is -3.34. The van der Waals surface area contributed by atoms with Crippen molar-refractivity contribution in [3.8, 4) is 33.9 Å². The van der Waals surface area contributed by atoms with E-state index in [1.54, 1.807) is 54.1 Å². The number of rotatable bonds is 13. The van der Waals surface area contributed by atoms with Crippen LogP contribution in [0.15, 0.2) is 85.3 Å². The number of hydrogen-bond donors (Lipinski definition) is 3. The monoisotopic (exact) mass is 721 g/mol. The summed E-state index contributed by atoms with van der Waals surface area (Å²) in [4.78, 5) is 15.5. The molecule has 3 aromatic heterocycles. The zero-order valence-corrected chi connectivity index (χ0v) is 27.8. The van der Waals surface area contributed by atoms with E-state index in [4.69, 9.17) is 25.4 Å². The molecular formula is C34H30F3N7O6S. The second-order valence-electron chi connectivity index (χ2n) is 11.4. The highest BCUT2D eigenvalue weighted by atomic mass is 32.2. The van der Waals surface area contributed by atoms with Crippen molar-refractivity contribution in [2.24, 2.45) is 7.05 Å². The van der Waals surface area contributed by atoms with Gasteiger partial charge in [0.25, 0.3) is 10.0 Å². The minimum Gasteiger partial charge on any atom is -0.492 e. The van der Waals surface area contributed by atoms with E-state index in [9.17, 15) is 26.4 Å². The van der Waals surface area contributed by atoms with E-state index in [2.05, 4.69) is 10.1 Å². The largest absolute Gasteiger partial charge is 0.492 e. The summed E-state index contributed by atoms with van der Waals surface area (Å²) in [6, 6.07) is 15.7. The van der Waals surface area contributed by atoms with Crippen LogP contribution in [0.4, 0.5) is 24.7 Å². The van der Waals surface area contributed by atoms with Crippen LogP contribution in [0.2, 0.25) is 0 Å². The fourth-order valence-corrected chi connectivity index (χ4v) is 5.93. The van der Waals surface area contributed by atoms with Crippen LogP contribution in [0, 0.1) is 5.82 Å². The minimum absolute atomic E-state index is 0.0867. The lowest BCUT2D eigenvalue weighted by Crippen LogP contribution is -2.21. The van der Waals surface area contributed by atoms with Crippen molar-refractivity contribution >= 4 is 38.4 Å². The number of aromatic nitrogens is 5. The maximum atomic E-state index is 13.5. The normalized spacial score (nSPS) is 12.3. The Bertz CT molecular complexity index is 2330. The summed E-state index contributed by atoms with van der Waals surface area (Å²) >= 11 is 0. The summed E-state index contributed by atoms with van der Waals surface area (Å²) in [6.07, 6.45) is 4.29. The van der Waals surface area contributed by atoms with Gasteiger partial charge in [-0.2, -0.15) is 19.0 Å². The molecule has 1 unspecified atom stereocenters. The maximum Gasteiger partial charge on any atom is 0.355 e. The Balaban J connectivity index is 1.31. The van der Waals surface area contributed by atoms with Gasteiger partial charge in [-0.05, 0) is 61.0 Å². The lowest BCUT2D eigenvalue weighted by molar-refractivity contribution is 0.0696. The zero-order chi connectivity index (χ0) is 36.4. The molecule has 3 aromatic carbocycles. The Kier molecular flexibility index (Phi) is 9.56. The average Bonchev–Trinajstić information content (AvgIpc) is 3.71. The number of anilines is 2. The number of nitrogen functional groups attached to an aromatic ring is 1. The van der Waals surface area contributed by atoms with Gasteiger partial charge in [-0.1, -0.05) is 18.2 Å². The molecule has 13 nitrogen and oxygen atoms in total. The number of hydrogen-bond acceptors (Lipinski definition) is 9. The Morgan fingerprint density at radius 2 is 1.76 bits per heavy atom. The number of aromatic carboxylic acids is 1. The van der Waals surface area contributed by atoms with E-state index in [1.807, 2.05) is 4.72 Å². The number of carbonyl (C=O) groups is 1. The molecule has 51 heavy (non-hydrogen) atoms. The van der Waals surface area contributed by atoms with Crippen LogP contribution >= 0.6 is 0 Å². The highest BCUT2D eigenvalue weighted by Gasteiger charge is 2.27. The number of fused-ring (bicyclic) bond motifs is 1. The van der Waals surface area contributed by atoms with Crippen molar-refractivity contribution in [1.82, 2.24) is 24.5 Å². The molecule has 0 aliphatic rings. The van der Waals surface area contributed by atoms with Gasteiger partial charge in [-0.25, -0.2) is 22.6 Å². The molecule has 6 rings (SSSR count). The Hall–Kier alpha value is -6.10. The first-order valence-electron chi connectivity index (χ1n) is 15.3. The molecule has 0 aliphatic carbocycles. The number of pyridine rings is 1. The summed E-state index contributed by atoms with van der Waals surface area (Å²) in [5.41, 5.74) is 9.58. The standard InChI is InChI=1S/C34H30F3N7O6S/c1-19(20-3-8-24(35)9-4-20)50-28-15-22(7-12-27(28)42-51(47,48)34(36)37)30-29-31(43(2)41-30)26(17-39-32(29)38)23-16-40-44(18-23)13-14-49-25-10-5-21(6-11-25)33(45)46/h3-12,15-19,34,42H,13-14H2,1-2H3,(H2,38,39)(H,45,46). The van der Waals surface area contributed by atoms with Gasteiger partial charge in [-0.3, -0.25) is 14.1 Å². The quantitative estimate of drug-likeness (QED) is 0.126. The molecule has 4 N–H and O–H groups in total. The van der Waals surface area contributed by atoms with Crippen LogP contribution in [-0.4, -0.2) is 56.4 Å². The lowest BCUT2D eigenvalue weighted by atomic mass is 10.0. The van der Waals surface area contributed by atoms with E-state index in [-0.39, 0.29) is 29.4 Å². The van der Waals surface area contributed by atoms with Crippen molar-refractivity contribution < 1.29 is 41.0 Å². The topological polar surface area (TPSA) is 176 Å². The molecule has 17 heteroatoms. The number of sulfonamides is 1. The number of ether oxygens (including phenoxy) is 2. The third kappa shape index (κ3) is 7.42. The van der Waals surface area contributed by atoms with Crippen LogP contribution in [0.1, 0.15) is 28.9 Å². The second-order valence-corrected chi connectivity index (χ2v) is 13.0. The highest BCUT2D eigenvalue weighted by molar-refractivity contribution is 7.93. The highest BCUT2D eigenvalue weighted by Crippen LogP contribution is 2.40. The van der Waals surface area contributed by atoms with Crippen molar-refractivity contribution in [2.75, 3.05) is 17.1 Å². The van der Waals surface area contributed by atoms with E-state index in [1.165, 1.54) is 54.6 Å². The van der Waals surface area contributed by atoms with Gasteiger partial charge >= 0.3 is 11.7 Å². The first kappa shape index (κ1) is 34.8. The number of nitrogens with zero attached hydrogens (tertiary/aromatic N) is 5. The Morgan fingerprint density at radius 1 is 1.04 bits per heavy atom. The molecule has 0 fully saturated rings. The van der Waals surface area contributed by atoms with Gasteiger partial charge in [0.15, 0.2) is 0 Å². The Labute approximate surface area is 289 Å². The first-order chi connectivity index (χ1) is 24.3. The molecule has 3 heterocycles. The fourth-order valence-electron chi connectivity index (χ4n) is 5.37. The summed E-state index contributed by atoms with van der Waals surface area (Å²) in [5, 5.41) is 18.7. The molecule has 1 atom stereocenters. The van der Waals surface area contributed by atoms with Crippen LogP contribution in [0.3, 0.4) is 0 Å². The predicted octanol–water partition coefficient (Wildman–Crippen LogP) is 6.10. The number of carboxylic acid groups (broad SMARTS) is 1. The van der Waals surface area contributed by atoms with Crippen LogP contribution in [0.5, 0.6) is 11.5 Å². The van der Waals surface area contributed by atoms with Crippen LogP contribution < -0.4 is 19.9 Å². The molecule has 0 saturated heterocycles. The first-order valence-corrected chi connectivity index (χ1v) is 16.8. The molecule has 0 aliphatic heterocycles. The summed E-state index contributed by atoms with van der Waals surface area (Å²) < 4.78 is 81.4. The van der Waals surface area contributed by atoms with E-state index >= 15 is 0 Å². The van der Waals surface area contributed by atoms with Crippen molar-refractivity contribution in [3.63, 3.8) is 0 Å². The number of aryl methyl sites for hydroxylation is 1. The second kappa shape index (κ2) is 14.0. The predicted molar refractivity (Wildman–Crippen MR) is 182 cm³/mol. The third-order valence-corrected chi connectivity index (χ3v) is 8.88. The molecule has 0 amide bonds. The van der Waals surface area contributed by atoms with Gasteiger partial charge in [0.1, 0.15) is 41.5 Å². The molecule has 6 aromatic rings. The van der Waals surface area contributed by atoms with Crippen molar-refractivity contribution in [2.45, 2.75) is 25.3 Å².